The molecule has 1 fully saturated rings. The topological polar surface area (TPSA) is 36.9 Å². The van der Waals surface area contributed by atoms with Crippen LogP contribution in [0.2, 0.25) is 0 Å². The van der Waals surface area contributed by atoms with Crippen molar-refractivity contribution in [3.63, 3.8) is 0 Å². The molecule has 4 heteroatoms. The van der Waals surface area contributed by atoms with Gasteiger partial charge in [-0.2, -0.15) is 0 Å². The van der Waals surface area contributed by atoms with Crippen LogP contribution < -0.4 is 5.32 Å². The molecule has 2 heterocycles. The zero-order valence-electron chi connectivity index (χ0n) is 12.1. The Morgan fingerprint density at radius 2 is 2.20 bits per heavy atom. The molecular formula is C16H23N3O. The lowest BCUT2D eigenvalue weighted by atomic mass is 9.95. The van der Waals surface area contributed by atoms with Gasteiger partial charge >= 0.3 is 0 Å². The molecule has 0 saturated carbocycles. The minimum Gasteiger partial charge on any atom is -0.373 e. The number of hydrogen-bond donors (Lipinski definition) is 1. The normalized spacial score (nSPS) is 26.4. The first kappa shape index (κ1) is 13.4. The SMILES string of the molecule is CN1CCCN=C1NC[C@H]1CCO[C@@H]1c1ccccc1. The Kier molecular flexibility index (Phi) is 4.21. The zero-order chi connectivity index (χ0) is 13.8. The van der Waals surface area contributed by atoms with Gasteiger partial charge in [0.1, 0.15) is 0 Å². The maximum atomic E-state index is 5.92. The molecule has 0 spiro atoms. The predicted octanol–water partition coefficient (Wildman–Crippen LogP) is 2.05. The number of rotatable bonds is 3. The van der Waals surface area contributed by atoms with Crippen molar-refractivity contribution in [2.75, 3.05) is 33.3 Å². The Morgan fingerprint density at radius 1 is 1.35 bits per heavy atom. The molecule has 1 aromatic rings. The zero-order valence-corrected chi connectivity index (χ0v) is 12.1. The van der Waals surface area contributed by atoms with Crippen LogP contribution in [0.1, 0.15) is 24.5 Å². The molecular weight excluding hydrogens is 250 g/mol. The van der Waals surface area contributed by atoms with E-state index in [-0.39, 0.29) is 6.10 Å². The third-order valence-electron chi connectivity index (χ3n) is 4.14. The highest BCUT2D eigenvalue weighted by molar-refractivity contribution is 5.80. The van der Waals surface area contributed by atoms with Gasteiger partial charge in [0.15, 0.2) is 5.96 Å². The Balaban J connectivity index is 1.61. The van der Waals surface area contributed by atoms with Crippen molar-refractivity contribution >= 4 is 5.96 Å². The Bertz CT molecular complexity index is 460. The fraction of sp³-hybridized carbons (Fsp3) is 0.562. The van der Waals surface area contributed by atoms with Gasteiger partial charge in [-0.15, -0.1) is 0 Å². The number of nitrogens with one attached hydrogen (secondary N) is 1. The summed E-state index contributed by atoms with van der Waals surface area (Å²) in [5.74, 6) is 1.56. The lowest BCUT2D eigenvalue weighted by molar-refractivity contribution is 0.0913. The highest BCUT2D eigenvalue weighted by Crippen LogP contribution is 2.33. The van der Waals surface area contributed by atoms with Gasteiger partial charge in [0.2, 0.25) is 0 Å². The average Bonchev–Trinajstić information content (AvgIpc) is 2.96. The summed E-state index contributed by atoms with van der Waals surface area (Å²) in [6.45, 7) is 3.82. The van der Waals surface area contributed by atoms with E-state index in [9.17, 15) is 0 Å². The third-order valence-corrected chi connectivity index (χ3v) is 4.14. The molecule has 0 amide bonds. The van der Waals surface area contributed by atoms with Crippen LogP contribution in [0, 0.1) is 5.92 Å². The number of nitrogens with zero attached hydrogens (tertiary/aromatic N) is 2. The average molecular weight is 273 g/mol. The first-order chi connectivity index (χ1) is 9.84. The highest BCUT2D eigenvalue weighted by Gasteiger charge is 2.29. The fourth-order valence-corrected chi connectivity index (χ4v) is 2.99. The summed E-state index contributed by atoms with van der Waals surface area (Å²) in [4.78, 5) is 6.77. The maximum absolute atomic E-state index is 5.92. The molecule has 1 aromatic carbocycles. The van der Waals surface area contributed by atoms with E-state index in [1.165, 1.54) is 5.56 Å². The first-order valence-corrected chi connectivity index (χ1v) is 7.50. The Hall–Kier alpha value is -1.55. The fourth-order valence-electron chi connectivity index (χ4n) is 2.99. The summed E-state index contributed by atoms with van der Waals surface area (Å²) in [5, 5.41) is 3.51. The molecule has 3 rings (SSSR count). The van der Waals surface area contributed by atoms with Crippen molar-refractivity contribution in [1.29, 1.82) is 0 Å². The smallest absolute Gasteiger partial charge is 0.193 e. The molecule has 0 aliphatic carbocycles. The molecule has 0 aromatic heterocycles. The highest BCUT2D eigenvalue weighted by atomic mass is 16.5. The van der Waals surface area contributed by atoms with E-state index >= 15 is 0 Å². The molecule has 1 N–H and O–H groups in total. The van der Waals surface area contributed by atoms with Gasteiger partial charge in [0, 0.05) is 39.2 Å². The van der Waals surface area contributed by atoms with Crippen LogP contribution in [0.5, 0.6) is 0 Å². The summed E-state index contributed by atoms with van der Waals surface area (Å²) >= 11 is 0. The van der Waals surface area contributed by atoms with Crippen LogP contribution in [-0.2, 0) is 4.74 Å². The van der Waals surface area contributed by atoms with E-state index in [2.05, 4.69) is 52.6 Å². The monoisotopic (exact) mass is 273 g/mol. The minimum atomic E-state index is 0.221. The predicted molar refractivity (Wildman–Crippen MR) is 80.8 cm³/mol. The van der Waals surface area contributed by atoms with Crippen LogP contribution in [-0.4, -0.2) is 44.1 Å². The van der Waals surface area contributed by atoms with Crippen LogP contribution in [0.3, 0.4) is 0 Å². The number of hydrogen-bond acceptors (Lipinski definition) is 4. The number of aliphatic imine (C=N–C) groups is 1. The number of ether oxygens (including phenoxy) is 1. The van der Waals surface area contributed by atoms with Gasteiger partial charge in [0.05, 0.1) is 6.10 Å². The standard InChI is InChI=1S/C16H23N3O/c1-19-10-5-9-17-16(19)18-12-14-8-11-20-15(14)13-6-3-2-4-7-13/h2-4,6-7,14-15H,5,8-12H2,1H3,(H,17,18)/t14-,15-/m1/s1. The summed E-state index contributed by atoms with van der Waals surface area (Å²) in [5.41, 5.74) is 1.29. The van der Waals surface area contributed by atoms with Gasteiger partial charge in [-0.3, -0.25) is 4.99 Å². The first-order valence-electron chi connectivity index (χ1n) is 7.50. The molecule has 0 unspecified atom stereocenters. The van der Waals surface area contributed by atoms with Crippen LogP contribution >= 0.6 is 0 Å². The van der Waals surface area contributed by atoms with Crippen LogP contribution in [0.15, 0.2) is 35.3 Å². The molecule has 0 radical (unpaired) electrons. The minimum absolute atomic E-state index is 0.221. The van der Waals surface area contributed by atoms with E-state index in [0.29, 0.717) is 5.92 Å². The second kappa shape index (κ2) is 6.27. The van der Waals surface area contributed by atoms with Crippen molar-refractivity contribution in [2.45, 2.75) is 18.9 Å². The molecule has 4 nitrogen and oxygen atoms in total. The third kappa shape index (κ3) is 2.96. The van der Waals surface area contributed by atoms with Gasteiger partial charge in [0.25, 0.3) is 0 Å². The van der Waals surface area contributed by atoms with Crippen LogP contribution in [0.4, 0.5) is 0 Å². The largest absolute Gasteiger partial charge is 0.373 e. The van der Waals surface area contributed by atoms with Gasteiger partial charge < -0.3 is 15.0 Å². The summed E-state index contributed by atoms with van der Waals surface area (Å²) < 4.78 is 5.92. The molecule has 108 valence electrons. The molecule has 1 saturated heterocycles. The van der Waals surface area contributed by atoms with Crippen molar-refractivity contribution in [2.24, 2.45) is 10.9 Å². The Morgan fingerprint density at radius 3 is 3.00 bits per heavy atom. The second-order valence-electron chi connectivity index (χ2n) is 5.61. The maximum Gasteiger partial charge on any atom is 0.193 e. The van der Waals surface area contributed by atoms with E-state index in [0.717, 1.165) is 45.0 Å². The van der Waals surface area contributed by atoms with E-state index < -0.39 is 0 Å². The van der Waals surface area contributed by atoms with Gasteiger partial charge in [-0.25, -0.2) is 0 Å². The lowest BCUT2D eigenvalue weighted by Crippen LogP contribution is -2.44. The number of benzene rings is 1. The summed E-state index contributed by atoms with van der Waals surface area (Å²) in [6.07, 6.45) is 2.49. The van der Waals surface area contributed by atoms with Gasteiger partial charge in [-0.05, 0) is 18.4 Å². The molecule has 2 atom stereocenters. The lowest BCUT2D eigenvalue weighted by Gasteiger charge is -2.27. The van der Waals surface area contributed by atoms with Crippen molar-refractivity contribution in [1.82, 2.24) is 10.2 Å². The van der Waals surface area contributed by atoms with Crippen molar-refractivity contribution < 1.29 is 4.74 Å². The molecule has 2 aliphatic heterocycles. The molecule has 2 aliphatic rings. The van der Waals surface area contributed by atoms with Crippen LogP contribution in [0.25, 0.3) is 0 Å². The van der Waals surface area contributed by atoms with E-state index in [1.54, 1.807) is 0 Å². The van der Waals surface area contributed by atoms with E-state index in [1.807, 2.05) is 0 Å². The van der Waals surface area contributed by atoms with Crippen molar-refractivity contribution in [3.05, 3.63) is 35.9 Å². The van der Waals surface area contributed by atoms with Crippen molar-refractivity contribution in [3.8, 4) is 0 Å². The Labute approximate surface area is 120 Å². The van der Waals surface area contributed by atoms with Gasteiger partial charge in [-0.1, -0.05) is 30.3 Å². The number of guanidine groups is 1. The molecule has 20 heavy (non-hydrogen) atoms. The summed E-state index contributed by atoms with van der Waals surface area (Å²) in [6, 6.07) is 10.5. The quantitative estimate of drug-likeness (QED) is 0.915. The van der Waals surface area contributed by atoms with E-state index in [4.69, 9.17) is 4.74 Å². The summed E-state index contributed by atoms with van der Waals surface area (Å²) in [7, 11) is 2.10. The second-order valence-corrected chi connectivity index (χ2v) is 5.61. The molecule has 0 bridgehead atoms.